The van der Waals surface area contributed by atoms with Gasteiger partial charge in [0.15, 0.2) is 0 Å². The molecule has 0 unspecified atom stereocenters. The SMILES string of the molecule is N#Cc1cc(Cl)ccc1Nc1ccccc1Cl. The molecule has 2 aromatic carbocycles. The number of para-hydroxylation sites is 1. The molecule has 0 amide bonds. The van der Waals surface area contributed by atoms with Crippen LogP contribution in [0.2, 0.25) is 10.0 Å². The second-order valence-electron chi connectivity index (χ2n) is 3.41. The lowest BCUT2D eigenvalue weighted by Gasteiger charge is -2.09. The molecule has 0 atom stereocenters. The molecule has 84 valence electrons. The molecule has 17 heavy (non-hydrogen) atoms. The predicted octanol–water partition coefficient (Wildman–Crippen LogP) is 4.61. The van der Waals surface area contributed by atoms with E-state index in [4.69, 9.17) is 28.5 Å². The number of hydrogen-bond donors (Lipinski definition) is 1. The fourth-order valence-corrected chi connectivity index (χ4v) is 1.78. The number of nitrogens with zero attached hydrogens (tertiary/aromatic N) is 1. The van der Waals surface area contributed by atoms with Gasteiger partial charge in [-0.05, 0) is 30.3 Å². The fourth-order valence-electron chi connectivity index (χ4n) is 1.43. The van der Waals surface area contributed by atoms with Crippen LogP contribution in [-0.2, 0) is 0 Å². The molecular formula is C13H8Cl2N2. The van der Waals surface area contributed by atoms with Crippen LogP contribution in [-0.4, -0.2) is 0 Å². The molecule has 0 aliphatic rings. The van der Waals surface area contributed by atoms with Crippen molar-refractivity contribution in [1.82, 2.24) is 0 Å². The Morgan fingerprint density at radius 2 is 1.76 bits per heavy atom. The smallest absolute Gasteiger partial charge is 0.101 e. The third kappa shape index (κ3) is 2.71. The number of rotatable bonds is 2. The molecule has 0 aromatic heterocycles. The molecule has 0 heterocycles. The van der Waals surface area contributed by atoms with Gasteiger partial charge in [-0.2, -0.15) is 5.26 Å². The van der Waals surface area contributed by atoms with Crippen molar-refractivity contribution in [3.63, 3.8) is 0 Å². The lowest BCUT2D eigenvalue weighted by molar-refractivity contribution is 1.46. The highest BCUT2D eigenvalue weighted by Crippen LogP contribution is 2.27. The second kappa shape index (κ2) is 5.09. The minimum Gasteiger partial charge on any atom is -0.353 e. The minimum atomic E-state index is 0.484. The van der Waals surface area contributed by atoms with E-state index < -0.39 is 0 Å². The highest BCUT2D eigenvalue weighted by molar-refractivity contribution is 6.33. The van der Waals surface area contributed by atoms with Gasteiger partial charge in [-0.3, -0.25) is 0 Å². The minimum absolute atomic E-state index is 0.484. The monoisotopic (exact) mass is 262 g/mol. The van der Waals surface area contributed by atoms with Gasteiger partial charge in [-0.25, -0.2) is 0 Å². The molecule has 2 rings (SSSR count). The summed E-state index contributed by atoms with van der Waals surface area (Å²) in [5, 5.41) is 13.3. The number of hydrogen-bond acceptors (Lipinski definition) is 2. The van der Waals surface area contributed by atoms with Crippen LogP contribution in [0.25, 0.3) is 0 Å². The van der Waals surface area contributed by atoms with E-state index in [2.05, 4.69) is 11.4 Å². The number of halogens is 2. The highest BCUT2D eigenvalue weighted by Gasteiger charge is 2.05. The van der Waals surface area contributed by atoms with Crippen molar-refractivity contribution in [1.29, 1.82) is 5.26 Å². The Morgan fingerprint density at radius 3 is 2.47 bits per heavy atom. The standard InChI is InChI=1S/C13H8Cl2N2/c14-10-5-6-12(9(7-10)8-16)17-13-4-2-1-3-11(13)15/h1-7,17H. The maximum Gasteiger partial charge on any atom is 0.101 e. The summed E-state index contributed by atoms with van der Waals surface area (Å²) in [4.78, 5) is 0. The summed E-state index contributed by atoms with van der Waals surface area (Å²) in [5.41, 5.74) is 1.93. The average molecular weight is 263 g/mol. The highest BCUT2D eigenvalue weighted by atomic mass is 35.5. The van der Waals surface area contributed by atoms with Gasteiger partial charge in [-0.15, -0.1) is 0 Å². The number of nitriles is 1. The quantitative estimate of drug-likeness (QED) is 0.858. The molecule has 0 radical (unpaired) electrons. The van der Waals surface area contributed by atoms with Crippen LogP contribution in [0.4, 0.5) is 11.4 Å². The summed E-state index contributed by atoms with van der Waals surface area (Å²) in [6, 6.07) is 14.5. The van der Waals surface area contributed by atoms with E-state index in [0.29, 0.717) is 21.3 Å². The largest absolute Gasteiger partial charge is 0.353 e. The van der Waals surface area contributed by atoms with Crippen LogP contribution in [0.5, 0.6) is 0 Å². The normalized spacial score (nSPS) is 9.71. The third-order valence-corrected chi connectivity index (χ3v) is 2.81. The van der Waals surface area contributed by atoms with Crippen LogP contribution in [0.1, 0.15) is 5.56 Å². The number of anilines is 2. The van der Waals surface area contributed by atoms with Gasteiger partial charge in [0, 0.05) is 5.02 Å². The zero-order chi connectivity index (χ0) is 12.3. The van der Waals surface area contributed by atoms with E-state index in [1.165, 1.54) is 0 Å². The first-order valence-electron chi connectivity index (χ1n) is 4.92. The van der Waals surface area contributed by atoms with Crippen molar-refractivity contribution < 1.29 is 0 Å². The first-order valence-corrected chi connectivity index (χ1v) is 5.67. The van der Waals surface area contributed by atoms with E-state index in [9.17, 15) is 0 Å². The summed E-state index contributed by atoms with van der Waals surface area (Å²) in [7, 11) is 0. The van der Waals surface area contributed by atoms with Crippen LogP contribution < -0.4 is 5.32 Å². The maximum absolute atomic E-state index is 9.01. The number of benzene rings is 2. The van der Waals surface area contributed by atoms with Crippen molar-refractivity contribution >= 4 is 34.6 Å². The molecule has 0 saturated carbocycles. The molecule has 0 spiro atoms. The zero-order valence-electron chi connectivity index (χ0n) is 8.74. The molecule has 0 bridgehead atoms. The van der Waals surface area contributed by atoms with Crippen LogP contribution in [0.15, 0.2) is 42.5 Å². The molecule has 0 aliphatic heterocycles. The summed E-state index contributed by atoms with van der Waals surface area (Å²) in [6.07, 6.45) is 0. The first kappa shape index (κ1) is 11.8. The lowest BCUT2D eigenvalue weighted by atomic mass is 10.2. The van der Waals surface area contributed by atoms with Gasteiger partial charge >= 0.3 is 0 Å². The predicted molar refractivity (Wildman–Crippen MR) is 70.9 cm³/mol. The van der Waals surface area contributed by atoms with Gasteiger partial charge in [0.25, 0.3) is 0 Å². The Kier molecular flexibility index (Phi) is 3.53. The molecule has 4 heteroatoms. The molecule has 0 fully saturated rings. The third-order valence-electron chi connectivity index (χ3n) is 2.25. The topological polar surface area (TPSA) is 35.8 Å². The van der Waals surface area contributed by atoms with Gasteiger partial charge in [0.05, 0.1) is 22.0 Å². The summed E-state index contributed by atoms with van der Waals surface area (Å²) >= 11 is 11.9. The number of nitrogens with one attached hydrogen (secondary N) is 1. The molecule has 1 N–H and O–H groups in total. The Labute approximate surface area is 109 Å². The van der Waals surface area contributed by atoms with Gasteiger partial charge < -0.3 is 5.32 Å². The van der Waals surface area contributed by atoms with E-state index in [0.717, 1.165) is 5.69 Å². The molecule has 2 nitrogen and oxygen atoms in total. The van der Waals surface area contributed by atoms with E-state index in [-0.39, 0.29) is 0 Å². The molecule has 0 aliphatic carbocycles. The second-order valence-corrected chi connectivity index (χ2v) is 4.25. The van der Waals surface area contributed by atoms with E-state index >= 15 is 0 Å². The summed E-state index contributed by atoms with van der Waals surface area (Å²) in [6.45, 7) is 0. The van der Waals surface area contributed by atoms with Crippen molar-refractivity contribution in [2.45, 2.75) is 0 Å². The molecule has 2 aromatic rings. The lowest BCUT2D eigenvalue weighted by Crippen LogP contribution is -1.94. The van der Waals surface area contributed by atoms with Crippen molar-refractivity contribution in [3.05, 3.63) is 58.1 Å². The Morgan fingerprint density at radius 1 is 1.00 bits per heavy atom. The first-order chi connectivity index (χ1) is 8.20. The Bertz CT molecular complexity index is 588. The van der Waals surface area contributed by atoms with Crippen molar-refractivity contribution in [2.75, 3.05) is 5.32 Å². The van der Waals surface area contributed by atoms with Gasteiger partial charge in [0.2, 0.25) is 0 Å². The van der Waals surface area contributed by atoms with Crippen LogP contribution in [0.3, 0.4) is 0 Å². The van der Waals surface area contributed by atoms with Gasteiger partial charge in [0.1, 0.15) is 6.07 Å². The molecule has 0 saturated heterocycles. The average Bonchev–Trinajstić information content (AvgIpc) is 2.34. The molecular weight excluding hydrogens is 255 g/mol. The van der Waals surface area contributed by atoms with E-state index in [1.54, 1.807) is 24.3 Å². The zero-order valence-corrected chi connectivity index (χ0v) is 10.3. The summed E-state index contributed by atoms with van der Waals surface area (Å²) < 4.78 is 0. The Hall–Kier alpha value is -1.69. The van der Waals surface area contributed by atoms with Crippen LogP contribution >= 0.6 is 23.2 Å². The Balaban J connectivity index is 2.37. The van der Waals surface area contributed by atoms with Crippen molar-refractivity contribution in [2.24, 2.45) is 0 Å². The van der Waals surface area contributed by atoms with E-state index in [1.807, 2.05) is 18.2 Å². The van der Waals surface area contributed by atoms with Crippen molar-refractivity contribution in [3.8, 4) is 6.07 Å². The van der Waals surface area contributed by atoms with Crippen LogP contribution in [0, 0.1) is 11.3 Å². The maximum atomic E-state index is 9.01. The van der Waals surface area contributed by atoms with Gasteiger partial charge in [-0.1, -0.05) is 35.3 Å². The summed E-state index contributed by atoms with van der Waals surface area (Å²) in [5.74, 6) is 0. The fraction of sp³-hybridized carbons (Fsp3) is 0.